The molecule has 1 aromatic carbocycles. The first kappa shape index (κ1) is 17.7. The summed E-state index contributed by atoms with van der Waals surface area (Å²) in [4.78, 5) is 26.0. The van der Waals surface area contributed by atoms with Crippen LogP contribution in [0.4, 0.5) is 11.4 Å². The average Bonchev–Trinajstić information content (AvgIpc) is 3.23. The Hall–Kier alpha value is -2.09. The summed E-state index contributed by atoms with van der Waals surface area (Å²) < 4.78 is 27.6. The van der Waals surface area contributed by atoms with Gasteiger partial charge in [-0.05, 0) is 43.5 Å². The minimum absolute atomic E-state index is 0.00231. The standard InChI is InChI=1S/C17H22N2O5S/c20-16(11-24-17(21)13-7-10-25(22,23)12-13)18-14-3-5-15(6-4-14)19-8-1-2-9-19/h3-6,13H,1-2,7-12H2,(H,18,20). The van der Waals surface area contributed by atoms with E-state index in [4.69, 9.17) is 4.74 Å². The van der Waals surface area contributed by atoms with Gasteiger partial charge in [-0.3, -0.25) is 9.59 Å². The zero-order chi connectivity index (χ0) is 17.9. The number of benzene rings is 1. The van der Waals surface area contributed by atoms with Crippen molar-refractivity contribution in [3.63, 3.8) is 0 Å². The van der Waals surface area contributed by atoms with E-state index in [1.807, 2.05) is 24.3 Å². The Morgan fingerprint density at radius 2 is 1.84 bits per heavy atom. The van der Waals surface area contributed by atoms with Crippen molar-refractivity contribution >= 4 is 33.1 Å². The number of anilines is 2. The maximum absolute atomic E-state index is 11.9. The fourth-order valence-corrected chi connectivity index (χ4v) is 4.89. The van der Waals surface area contributed by atoms with Crippen molar-refractivity contribution in [1.29, 1.82) is 0 Å². The first-order chi connectivity index (χ1) is 11.9. The third-order valence-corrected chi connectivity index (χ3v) is 6.30. The number of esters is 1. The summed E-state index contributed by atoms with van der Waals surface area (Å²) in [5, 5.41) is 2.67. The number of ether oxygens (including phenoxy) is 1. The van der Waals surface area contributed by atoms with Crippen LogP contribution in [0.15, 0.2) is 24.3 Å². The zero-order valence-electron chi connectivity index (χ0n) is 13.9. The van der Waals surface area contributed by atoms with Gasteiger partial charge in [0.25, 0.3) is 5.91 Å². The third-order valence-electron chi connectivity index (χ3n) is 4.53. The molecule has 0 bridgehead atoms. The Labute approximate surface area is 147 Å². The van der Waals surface area contributed by atoms with Crippen molar-refractivity contribution in [2.45, 2.75) is 19.3 Å². The molecule has 1 atom stereocenters. The molecule has 7 nitrogen and oxygen atoms in total. The number of nitrogens with one attached hydrogen (secondary N) is 1. The molecule has 0 aromatic heterocycles. The van der Waals surface area contributed by atoms with E-state index in [1.165, 1.54) is 12.8 Å². The van der Waals surface area contributed by atoms with Crippen LogP contribution in [0.1, 0.15) is 19.3 Å². The molecule has 0 radical (unpaired) electrons. The molecule has 1 N–H and O–H groups in total. The van der Waals surface area contributed by atoms with E-state index in [0.717, 1.165) is 18.8 Å². The van der Waals surface area contributed by atoms with Crippen LogP contribution in [0, 0.1) is 5.92 Å². The molecule has 1 unspecified atom stereocenters. The molecule has 2 fully saturated rings. The fraction of sp³-hybridized carbons (Fsp3) is 0.529. The first-order valence-electron chi connectivity index (χ1n) is 8.45. The molecule has 0 aliphatic carbocycles. The molecule has 25 heavy (non-hydrogen) atoms. The largest absolute Gasteiger partial charge is 0.455 e. The van der Waals surface area contributed by atoms with E-state index in [2.05, 4.69) is 10.2 Å². The van der Waals surface area contributed by atoms with Crippen molar-refractivity contribution in [3.05, 3.63) is 24.3 Å². The Bertz CT molecular complexity index is 739. The molecule has 8 heteroatoms. The summed E-state index contributed by atoms with van der Waals surface area (Å²) in [5.74, 6) is -1.91. The highest BCUT2D eigenvalue weighted by Gasteiger charge is 2.34. The Balaban J connectivity index is 1.45. The Morgan fingerprint density at radius 3 is 2.44 bits per heavy atom. The van der Waals surface area contributed by atoms with Crippen molar-refractivity contribution in [3.8, 4) is 0 Å². The summed E-state index contributed by atoms with van der Waals surface area (Å²) in [6.45, 7) is 1.69. The summed E-state index contributed by atoms with van der Waals surface area (Å²) in [6.07, 6.45) is 2.67. The van der Waals surface area contributed by atoms with Gasteiger partial charge >= 0.3 is 5.97 Å². The highest BCUT2D eigenvalue weighted by Crippen LogP contribution is 2.22. The monoisotopic (exact) mass is 366 g/mol. The quantitative estimate of drug-likeness (QED) is 0.787. The molecule has 136 valence electrons. The van der Waals surface area contributed by atoms with Crippen LogP contribution in [0.5, 0.6) is 0 Å². The number of sulfone groups is 1. The minimum Gasteiger partial charge on any atom is -0.455 e. The number of carbonyl (C=O) groups is 2. The predicted molar refractivity (Wildman–Crippen MR) is 94.2 cm³/mol. The highest BCUT2D eigenvalue weighted by molar-refractivity contribution is 7.91. The normalized spacial score (nSPS) is 21.9. The van der Waals surface area contributed by atoms with E-state index in [1.54, 1.807) is 0 Å². The van der Waals surface area contributed by atoms with Gasteiger partial charge < -0.3 is 15.0 Å². The number of nitrogens with zero attached hydrogens (tertiary/aromatic N) is 1. The lowest BCUT2D eigenvalue weighted by Gasteiger charge is -2.17. The van der Waals surface area contributed by atoms with Crippen LogP contribution < -0.4 is 10.2 Å². The molecule has 1 amide bonds. The summed E-state index contributed by atoms with van der Waals surface area (Å²) in [5.41, 5.74) is 1.76. The predicted octanol–water partition coefficient (Wildman–Crippen LogP) is 1.20. The maximum Gasteiger partial charge on any atom is 0.310 e. The van der Waals surface area contributed by atoms with Crippen molar-refractivity contribution in [1.82, 2.24) is 0 Å². The molecule has 3 rings (SSSR count). The average molecular weight is 366 g/mol. The molecule has 0 spiro atoms. The van der Waals surface area contributed by atoms with Gasteiger partial charge in [0, 0.05) is 24.5 Å². The maximum atomic E-state index is 11.9. The molecule has 2 saturated heterocycles. The summed E-state index contributed by atoms with van der Waals surface area (Å²) in [6, 6.07) is 7.54. The fourth-order valence-electron chi connectivity index (χ4n) is 3.16. The van der Waals surface area contributed by atoms with Crippen LogP contribution in [-0.2, 0) is 24.2 Å². The number of hydrogen-bond donors (Lipinski definition) is 1. The smallest absolute Gasteiger partial charge is 0.310 e. The van der Waals surface area contributed by atoms with Crippen LogP contribution >= 0.6 is 0 Å². The number of carbonyl (C=O) groups excluding carboxylic acids is 2. The second-order valence-corrected chi connectivity index (χ2v) is 8.73. The lowest BCUT2D eigenvalue weighted by atomic mass is 10.1. The van der Waals surface area contributed by atoms with E-state index in [0.29, 0.717) is 5.69 Å². The summed E-state index contributed by atoms with van der Waals surface area (Å²) >= 11 is 0. The van der Waals surface area contributed by atoms with Gasteiger partial charge in [-0.25, -0.2) is 8.42 Å². The van der Waals surface area contributed by atoms with Crippen molar-refractivity contribution in [2.24, 2.45) is 5.92 Å². The van der Waals surface area contributed by atoms with Gasteiger partial charge in [0.05, 0.1) is 17.4 Å². The Kier molecular flexibility index (Phi) is 5.27. The van der Waals surface area contributed by atoms with Crippen molar-refractivity contribution < 1.29 is 22.7 Å². The Morgan fingerprint density at radius 1 is 1.16 bits per heavy atom. The highest BCUT2D eigenvalue weighted by atomic mass is 32.2. The molecular formula is C17H22N2O5S. The van der Waals surface area contributed by atoms with Crippen LogP contribution in [0.2, 0.25) is 0 Å². The number of rotatable bonds is 5. The van der Waals surface area contributed by atoms with Gasteiger partial charge in [0.15, 0.2) is 16.4 Å². The lowest BCUT2D eigenvalue weighted by Crippen LogP contribution is -2.25. The van der Waals surface area contributed by atoms with E-state index in [9.17, 15) is 18.0 Å². The van der Waals surface area contributed by atoms with Crippen LogP contribution in [-0.4, -0.2) is 51.5 Å². The number of hydrogen-bond acceptors (Lipinski definition) is 6. The van der Waals surface area contributed by atoms with Gasteiger partial charge in [0.1, 0.15) is 0 Å². The topological polar surface area (TPSA) is 92.8 Å². The second kappa shape index (κ2) is 7.43. The molecular weight excluding hydrogens is 344 g/mol. The van der Waals surface area contributed by atoms with Gasteiger partial charge in [-0.1, -0.05) is 0 Å². The number of amides is 1. The molecule has 0 saturated carbocycles. The van der Waals surface area contributed by atoms with Gasteiger partial charge in [0.2, 0.25) is 0 Å². The van der Waals surface area contributed by atoms with E-state index < -0.39 is 34.2 Å². The van der Waals surface area contributed by atoms with Crippen molar-refractivity contribution in [2.75, 3.05) is 41.4 Å². The van der Waals surface area contributed by atoms with E-state index >= 15 is 0 Å². The molecule has 2 aliphatic heterocycles. The van der Waals surface area contributed by atoms with Crippen LogP contribution in [0.3, 0.4) is 0 Å². The first-order valence-corrected chi connectivity index (χ1v) is 10.3. The SMILES string of the molecule is O=C(COC(=O)C1CCS(=O)(=O)C1)Nc1ccc(N2CCCC2)cc1. The zero-order valence-corrected chi connectivity index (χ0v) is 14.8. The van der Waals surface area contributed by atoms with Crippen LogP contribution in [0.25, 0.3) is 0 Å². The van der Waals surface area contributed by atoms with E-state index in [-0.39, 0.29) is 17.9 Å². The minimum atomic E-state index is -3.14. The molecule has 2 aliphatic rings. The summed E-state index contributed by atoms with van der Waals surface area (Å²) in [7, 11) is -3.14. The lowest BCUT2D eigenvalue weighted by molar-refractivity contribution is -0.150. The molecule has 1 aromatic rings. The third kappa shape index (κ3) is 4.72. The van der Waals surface area contributed by atoms with Gasteiger partial charge in [-0.2, -0.15) is 0 Å². The van der Waals surface area contributed by atoms with Gasteiger partial charge in [-0.15, -0.1) is 0 Å². The molecule has 2 heterocycles. The second-order valence-electron chi connectivity index (χ2n) is 6.50.